The zero-order chi connectivity index (χ0) is 17.6. The third-order valence-electron chi connectivity index (χ3n) is 4.91. The first-order valence-corrected chi connectivity index (χ1v) is 10.7. The molecule has 2 aromatic heterocycles. The van der Waals surface area contributed by atoms with Crippen molar-refractivity contribution in [1.82, 2.24) is 14.3 Å². The van der Waals surface area contributed by atoms with Crippen LogP contribution in [0.4, 0.5) is 0 Å². The number of benzene rings is 1. The van der Waals surface area contributed by atoms with Crippen LogP contribution in [0.1, 0.15) is 36.0 Å². The Morgan fingerprint density at radius 2 is 2.08 bits per heavy atom. The van der Waals surface area contributed by atoms with Crippen LogP contribution >= 0.6 is 11.3 Å². The molecule has 0 radical (unpaired) electrons. The van der Waals surface area contributed by atoms with Crippen molar-refractivity contribution in [3.63, 3.8) is 0 Å². The Balaban J connectivity index is 1.63. The van der Waals surface area contributed by atoms with Crippen LogP contribution in [0.25, 0.3) is 10.1 Å². The molecule has 1 aliphatic rings. The predicted octanol–water partition coefficient (Wildman–Crippen LogP) is 3.81. The smallest absolute Gasteiger partial charge is 0.252 e. The van der Waals surface area contributed by atoms with E-state index in [1.807, 2.05) is 38.1 Å². The second-order valence-corrected chi connectivity index (χ2v) is 9.89. The molecular formula is C18H21N3O2S2. The summed E-state index contributed by atoms with van der Waals surface area (Å²) >= 11 is 1.35. The summed E-state index contributed by atoms with van der Waals surface area (Å²) < 4.78 is 29.3. The molecule has 1 aliphatic heterocycles. The van der Waals surface area contributed by atoms with Gasteiger partial charge in [0, 0.05) is 29.4 Å². The summed E-state index contributed by atoms with van der Waals surface area (Å²) in [6, 6.07) is 9.59. The number of hydrogen-bond acceptors (Lipinski definition) is 4. The summed E-state index contributed by atoms with van der Waals surface area (Å²) in [6.45, 7) is 5.04. The van der Waals surface area contributed by atoms with E-state index in [1.165, 1.54) is 11.3 Å². The lowest BCUT2D eigenvalue weighted by Crippen LogP contribution is -2.39. The number of aryl methyl sites for hydroxylation is 2. The fourth-order valence-corrected chi connectivity index (χ4v) is 6.44. The summed E-state index contributed by atoms with van der Waals surface area (Å²) in [5.41, 5.74) is 2.04. The fourth-order valence-electron chi connectivity index (χ4n) is 3.36. The van der Waals surface area contributed by atoms with Gasteiger partial charge in [-0.15, -0.1) is 11.3 Å². The number of aromatic amines is 1. The molecule has 25 heavy (non-hydrogen) atoms. The molecule has 3 heterocycles. The van der Waals surface area contributed by atoms with Gasteiger partial charge in [-0.1, -0.05) is 18.2 Å². The second-order valence-electron chi connectivity index (χ2n) is 6.64. The van der Waals surface area contributed by atoms with Crippen molar-refractivity contribution in [2.24, 2.45) is 0 Å². The van der Waals surface area contributed by atoms with Gasteiger partial charge in [-0.2, -0.15) is 4.31 Å². The third kappa shape index (κ3) is 3.01. The van der Waals surface area contributed by atoms with E-state index in [2.05, 4.69) is 9.97 Å². The van der Waals surface area contributed by atoms with Gasteiger partial charge in [-0.05, 0) is 44.2 Å². The quantitative estimate of drug-likeness (QED) is 0.757. The van der Waals surface area contributed by atoms with Crippen molar-refractivity contribution in [2.75, 3.05) is 13.1 Å². The summed E-state index contributed by atoms with van der Waals surface area (Å²) in [7, 11) is -3.46. The molecule has 5 nitrogen and oxygen atoms in total. The van der Waals surface area contributed by atoms with E-state index >= 15 is 0 Å². The van der Waals surface area contributed by atoms with Crippen LogP contribution < -0.4 is 0 Å². The lowest BCUT2D eigenvalue weighted by atomic mass is 9.99. The van der Waals surface area contributed by atoms with Gasteiger partial charge in [0.1, 0.15) is 10.0 Å². The topological polar surface area (TPSA) is 66.1 Å². The highest BCUT2D eigenvalue weighted by Gasteiger charge is 2.33. The number of H-pyrrole nitrogens is 1. The Morgan fingerprint density at radius 1 is 1.28 bits per heavy atom. The standard InChI is InChI=1S/C18H21N3O2S2/c1-12-13(2)20-18(19-12)15-7-5-9-21(11-15)25(22,23)17-10-14-6-3-4-8-16(14)24-17/h3-4,6,8,10,15H,5,7,9,11H2,1-2H3,(H,19,20). The predicted molar refractivity (Wildman–Crippen MR) is 101 cm³/mol. The maximum Gasteiger partial charge on any atom is 0.252 e. The Kier molecular flexibility index (Phi) is 4.17. The monoisotopic (exact) mass is 375 g/mol. The summed E-state index contributed by atoms with van der Waals surface area (Å²) in [5.74, 6) is 1.04. The van der Waals surface area contributed by atoms with Gasteiger partial charge in [-0.3, -0.25) is 0 Å². The van der Waals surface area contributed by atoms with Crippen LogP contribution in [0.15, 0.2) is 34.5 Å². The number of aromatic nitrogens is 2. The molecule has 0 aliphatic carbocycles. The highest BCUT2D eigenvalue weighted by molar-refractivity contribution is 7.91. The first kappa shape index (κ1) is 16.8. The minimum absolute atomic E-state index is 0.130. The SMILES string of the molecule is Cc1nc(C2CCCN(S(=O)(=O)c3cc4ccccc4s3)C2)[nH]c1C. The molecule has 1 atom stereocenters. The zero-order valence-corrected chi connectivity index (χ0v) is 16.0. The molecule has 1 unspecified atom stereocenters. The lowest BCUT2D eigenvalue weighted by Gasteiger charge is -2.30. The normalized spacial score (nSPS) is 19.5. The second kappa shape index (κ2) is 6.23. The summed E-state index contributed by atoms with van der Waals surface area (Å²) in [5, 5.41) is 0.983. The molecule has 0 spiro atoms. The van der Waals surface area contributed by atoms with Crippen LogP contribution in [-0.2, 0) is 10.0 Å². The number of imidazole rings is 1. The summed E-state index contributed by atoms with van der Waals surface area (Å²) in [6.07, 6.45) is 1.82. The van der Waals surface area contributed by atoms with Crippen LogP contribution in [0.2, 0.25) is 0 Å². The number of nitrogens with one attached hydrogen (secondary N) is 1. The van der Waals surface area contributed by atoms with Crippen molar-refractivity contribution in [2.45, 2.75) is 36.8 Å². The summed E-state index contributed by atoms with van der Waals surface area (Å²) in [4.78, 5) is 7.90. The molecule has 0 saturated carbocycles. The van der Waals surface area contributed by atoms with E-state index in [1.54, 1.807) is 10.4 Å². The minimum atomic E-state index is -3.46. The molecule has 1 fully saturated rings. The molecular weight excluding hydrogens is 354 g/mol. The van der Waals surface area contributed by atoms with Crippen molar-refractivity contribution in [3.05, 3.63) is 47.5 Å². The van der Waals surface area contributed by atoms with E-state index in [9.17, 15) is 8.42 Å². The van der Waals surface area contributed by atoms with Crippen LogP contribution in [0.5, 0.6) is 0 Å². The third-order valence-corrected chi connectivity index (χ3v) is 8.34. The van der Waals surface area contributed by atoms with E-state index < -0.39 is 10.0 Å². The van der Waals surface area contributed by atoms with Crippen molar-refractivity contribution >= 4 is 31.4 Å². The molecule has 4 rings (SSSR count). The number of fused-ring (bicyclic) bond motifs is 1. The van der Waals surface area contributed by atoms with E-state index in [0.717, 1.165) is 40.1 Å². The Labute approximate surface area is 151 Å². The lowest BCUT2D eigenvalue weighted by molar-refractivity contribution is 0.310. The Morgan fingerprint density at radius 3 is 2.80 bits per heavy atom. The first-order valence-electron chi connectivity index (χ1n) is 8.47. The molecule has 7 heteroatoms. The van der Waals surface area contributed by atoms with Gasteiger partial charge in [0.25, 0.3) is 10.0 Å². The minimum Gasteiger partial charge on any atom is -0.346 e. The van der Waals surface area contributed by atoms with Gasteiger partial charge in [0.05, 0.1) is 5.69 Å². The number of sulfonamides is 1. The molecule has 1 N–H and O–H groups in total. The number of nitrogens with zero attached hydrogens (tertiary/aromatic N) is 2. The van der Waals surface area contributed by atoms with Crippen LogP contribution in [0.3, 0.4) is 0 Å². The van der Waals surface area contributed by atoms with Gasteiger partial charge >= 0.3 is 0 Å². The van der Waals surface area contributed by atoms with Crippen LogP contribution in [-0.4, -0.2) is 35.8 Å². The van der Waals surface area contributed by atoms with Crippen LogP contribution in [0, 0.1) is 13.8 Å². The van der Waals surface area contributed by atoms with E-state index in [4.69, 9.17) is 0 Å². The number of piperidine rings is 1. The highest BCUT2D eigenvalue weighted by atomic mass is 32.2. The Hall–Kier alpha value is -1.70. The molecule has 1 aromatic carbocycles. The van der Waals surface area contributed by atoms with Gasteiger partial charge in [-0.25, -0.2) is 13.4 Å². The Bertz CT molecular complexity index is 968. The van der Waals surface area contributed by atoms with Crippen molar-refractivity contribution < 1.29 is 8.42 Å². The molecule has 1 saturated heterocycles. The molecule has 0 bridgehead atoms. The number of hydrogen-bond donors (Lipinski definition) is 1. The first-order chi connectivity index (χ1) is 11.9. The largest absolute Gasteiger partial charge is 0.346 e. The average molecular weight is 376 g/mol. The van der Waals surface area contributed by atoms with Crippen molar-refractivity contribution in [3.8, 4) is 0 Å². The maximum atomic E-state index is 13.1. The average Bonchev–Trinajstić information content (AvgIpc) is 3.19. The molecule has 0 amide bonds. The van der Waals surface area contributed by atoms with Crippen molar-refractivity contribution in [1.29, 1.82) is 0 Å². The van der Waals surface area contributed by atoms with Gasteiger partial charge in [0.2, 0.25) is 0 Å². The van der Waals surface area contributed by atoms with E-state index in [0.29, 0.717) is 17.3 Å². The maximum absolute atomic E-state index is 13.1. The van der Waals surface area contributed by atoms with Gasteiger partial charge in [0.15, 0.2) is 0 Å². The number of rotatable bonds is 3. The fraction of sp³-hybridized carbons (Fsp3) is 0.389. The molecule has 3 aromatic rings. The highest BCUT2D eigenvalue weighted by Crippen LogP contribution is 2.34. The number of thiophene rings is 1. The zero-order valence-electron chi connectivity index (χ0n) is 14.3. The van der Waals surface area contributed by atoms with E-state index in [-0.39, 0.29) is 5.92 Å². The molecule has 132 valence electrons. The van der Waals surface area contributed by atoms with Gasteiger partial charge < -0.3 is 4.98 Å².